The summed E-state index contributed by atoms with van der Waals surface area (Å²) in [7, 11) is 2.58. The van der Waals surface area contributed by atoms with Crippen LogP contribution in [0.3, 0.4) is 0 Å². The Bertz CT molecular complexity index is 9.61. The maximum atomic E-state index is 2.58. The van der Waals surface area contributed by atoms with Crippen LogP contribution in [0.2, 0.25) is 0 Å². The molecule has 0 aliphatic rings. The standard InChI is InChI=1S/C2H7P.Al.ClH/c1-2-3;;/h2-3H2,1H3;;1H. The largest absolute Gasteiger partial charge is 0.147 e. The van der Waals surface area contributed by atoms with Crippen molar-refractivity contribution in [3.63, 3.8) is 0 Å². The molecule has 0 heterocycles. The SMILES string of the molecule is CCP.Cl.[Al]. The van der Waals surface area contributed by atoms with E-state index in [9.17, 15) is 0 Å². The van der Waals surface area contributed by atoms with Crippen LogP contribution in [0.4, 0.5) is 0 Å². The Morgan fingerprint density at radius 2 is 1.60 bits per heavy atom. The van der Waals surface area contributed by atoms with E-state index in [2.05, 4.69) is 16.2 Å². The predicted molar refractivity (Wildman–Crippen MR) is 33.3 cm³/mol. The lowest BCUT2D eigenvalue weighted by Crippen LogP contribution is -1.33. The fourth-order valence-corrected chi connectivity index (χ4v) is 0. The van der Waals surface area contributed by atoms with Gasteiger partial charge in [0, 0.05) is 17.4 Å². The van der Waals surface area contributed by atoms with Crippen molar-refractivity contribution in [2.24, 2.45) is 0 Å². The van der Waals surface area contributed by atoms with Crippen molar-refractivity contribution in [3.05, 3.63) is 0 Å². The molecule has 0 nitrogen and oxygen atoms in total. The summed E-state index contributed by atoms with van der Waals surface area (Å²) >= 11 is 0. The van der Waals surface area contributed by atoms with Crippen LogP contribution < -0.4 is 0 Å². The van der Waals surface area contributed by atoms with Gasteiger partial charge in [-0.1, -0.05) is 6.92 Å². The number of rotatable bonds is 0. The van der Waals surface area contributed by atoms with E-state index in [1.54, 1.807) is 0 Å². The summed E-state index contributed by atoms with van der Waals surface area (Å²) in [5.74, 6) is 0. The van der Waals surface area contributed by atoms with E-state index in [1.807, 2.05) is 0 Å². The highest BCUT2D eigenvalue weighted by atomic mass is 35.5. The first-order valence-corrected chi connectivity index (χ1v) is 1.93. The molecular weight excluding hydrogens is 117 g/mol. The van der Waals surface area contributed by atoms with Crippen LogP contribution in [-0.2, 0) is 0 Å². The monoisotopic (exact) mass is 125 g/mol. The van der Waals surface area contributed by atoms with E-state index in [4.69, 9.17) is 0 Å². The molecule has 0 amide bonds. The Balaban J connectivity index is -0.0000000200. The topological polar surface area (TPSA) is 0 Å². The van der Waals surface area contributed by atoms with E-state index in [1.165, 1.54) is 6.16 Å². The van der Waals surface area contributed by atoms with E-state index < -0.39 is 0 Å². The molecule has 0 N–H and O–H groups in total. The third-order valence-electron chi connectivity index (χ3n) is 0. The first-order valence-electron chi connectivity index (χ1n) is 1.12. The summed E-state index contributed by atoms with van der Waals surface area (Å²) in [4.78, 5) is 0. The maximum absolute atomic E-state index is 2.58. The van der Waals surface area contributed by atoms with Crippen LogP contribution in [0.25, 0.3) is 0 Å². The molecule has 0 rings (SSSR count). The zero-order chi connectivity index (χ0) is 2.71. The average molecular weight is 125 g/mol. The molecule has 0 spiro atoms. The molecule has 31 valence electrons. The number of halogens is 1. The molecular formula is C2H8AlClP. The van der Waals surface area contributed by atoms with Crippen LogP contribution in [0.1, 0.15) is 6.92 Å². The van der Waals surface area contributed by atoms with Crippen molar-refractivity contribution >= 4 is 39.0 Å². The van der Waals surface area contributed by atoms with Crippen LogP contribution in [0.5, 0.6) is 0 Å². The summed E-state index contributed by atoms with van der Waals surface area (Å²) in [6.07, 6.45) is 1.17. The number of hydrogen-bond donors (Lipinski definition) is 0. The smallest absolute Gasteiger partial charge is 0 e. The molecule has 0 aromatic carbocycles. The summed E-state index contributed by atoms with van der Waals surface area (Å²) in [6.45, 7) is 2.09. The van der Waals surface area contributed by atoms with E-state index in [-0.39, 0.29) is 29.8 Å². The van der Waals surface area contributed by atoms with Gasteiger partial charge < -0.3 is 0 Å². The molecule has 0 aliphatic heterocycles. The highest BCUT2D eigenvalue weighted by Crippen LogP contribution is 1.68. The molecule has 0 fully saturated rings. The molecule has 1 unspecified atom stereocenters. The fourth-order valence-electron chi connectivity index (χ4n) is 0. The van der Waals surface area contributed by atoms with Crippen LogP contribution >= 0.6 is 21.6 Å². The number of hydrogen-bond acceptors (Lipinski definition) is 0. The normalized spacial score (nSPS) is 3.60. The van der Waals surface area contributed by atoms with Gasteiger partial charge in [0.15, 0.2) is 0 Å². The molecule has 1 atom stereocenters. The van der Waals surface area contributed by atoms with Gasteiger partial charge >= 0.3 is 0 Å². The van der Waals surface area contributed by atoms with Crippen LogP contribution in [0.15, 0.2) is 0 Å². The maximum Gasteiger partial charge on any atom is 0 e. The highest BCUT2D eigenvalue weighted by molar-refractivity contribution is 7.16. The Hall–Kier alpha value is 1.25. The van der Waals surface area contributed by atoms with E-state index in [0.29, 0.717) is 0 Å². The molecule has 3 radical (unpaired) electrons. The highest BCUT2D eigenvalue weighted by Gasteiger charge is 1.35. The first-order chi connectivity index (χ1) is 1.41. The minimum Gasteiger partial charge on any atom is -0.147 e. The van der Waals surface area contributed by atoms with Gasteiger partial charge in [-0.15, -0.1) is 21.6 Å². The zero-order valence-electron chi connectivity index (χ0n) is 3.27. The summed E-state index contributed by atoms with van der Waals surface area (Å²) < 4.78 is 0. The molecule has 5 heavy (non-hydrogen) atoms. The van der Waals surface area contributed by atoms with Gasteiger partial charge in [0.05, 0.1) is 0 Å². The van der Waals surface area contributed by atoms with Crippen LogP contribution in [0, 0.1) is 0 Å². The second-order valence-corrected chi connectivity index (χ2v) is 1.22. The van der Waals surface area contributed by atoms with Gasteiger partial charge in [0.1, 0.15) is 0 Å². The molecule has 0 aliphatic carbocycles. The molecule has 0 aromatic rings. The van der Waals surface area contributed by atoms with E-state index >= 15 is 0 Å². The lowest BCUT2D eigenvalue weighted by atomic mass is 11.0. The summed E-state index contributed by atoms with van der Waals surface area (Å²) in [6, 6.07) is 0. The van der Waals surface area contributed by atoms with Gasteiger partial charge in [-0.05, 0) is 6.16 Å². The first kappa shape index (κ1) is 16.3. The predicted octanol–water partition coefficient (Wildman–Crippen LogP) is 0.922. The Kier molecular flexibility index (Phi) is 61.1. The molecule has 0 bridgehead atoms. The van der Waals surface area contributed by atoms with Crippen molar-refractivity contribution in [2.45, 2.75) is 6.92 Å². The quantitative estimate of drug-likeness (QED) is 0.334. The summed E-state index contributed by atoms with van der Waals surface area (Å²) in [5.41, 5.74) is 0. The van der Waals surface area contributed by atoms with Crippen LogP contribution in [-0.4, -0.2) is 23.5 Å². The minimum atomic E-state index is 0. The molecule has 3 heteroatoms. The van der Waals surface area contributed by atoms with Gasteiger partial charge in [-0.3, -0.25) is 0 Å². The Morgan fingerprint density at radius 1 is 1.60 bits per heavy atom. The van der Waals surface area contributed by atoms with Crippen molar-refractivity contribution in [2.75, 3.05) is 6.16 Å². The van der Waals surface area contributed by atoms with Crippen molar-refractivity contribution in [1.82, 2.24) is 0 Å². The van der Waals surface area contributed by atoms with Crippen molar-refractivity contribution < 1.29 is 0 Å². The summed E-state index contributed by atoms with van der Waals surface area (Å²) in [5, 5.41) is 0. The van der Waals surface area contributed by atoms with Gasteiger partial charge in [0.2, 0.25) is 0 Å². The van der Waals surface area contributed by atoms with Crippen molar-refractivity contribution in [1.29, 1.82) is 0 Å². The Morgan fingerprint density at radius 3 is 1.60 bits per heavy atom. The third-order valence-corrected chi connectivity index (χ3v) is 0. The second-order valence-electron chi connectivity index (χ2n) is 0.408. The molecule has 0 aromatic heterocycles. The van der Waals surface area contributed by atoms with Crippen molar-refractivity contribution in [3.8, 4) is 0 Å². The van der Waals surface area contributed by atoms with E-state index in [0.717, 1.165) is 0 Å². The molecule has 0 saturated carbocycles. The lowest BCUT2D eigenvalue weighted by Gasteiger charge is -1.48. The van der Waals surface area contributed by atoms with Gasteiger partial charge in [0.25, 0.3) is 0 Å². The third kappa shape index (κ3) is 35.4. The zero-order valence-corrected chi connectivity index (χ0v) is 6.40. The average Bonchev–Trinajstić information content (AvgIpc) is 0.918. The fraction of sp³-hybridized carbons (Fsp3) is 1.00. The van der Waals surface area contributed by atoms with Gasteiger partial charge in [-0.2, -0.15) is 0 Å². The van der Waals surface area contributed by atoms with Gasteiger partial charge in [-0.25, -0.2) is 0 Å². The lowest BCUT2D eigenvalue weighted by molar-refractivity contribution is 1.53. The second kappa shape index (κ2) is 18.7. The Labute approximate surface area is 52.5 Å². The minimum absolute atomic E-state index is 0. The molecule has 0 saturated heterocycles.